The fourth-order valence-electron chi connectivity index (χ4n) is 2.39. The van der Waals surface area contributed by atoms with Crippen LogP contribution in [-0.4, -0.2) is 63.3 Å². The number of rotatable bonds is 4. The molecule has 1 aromatic carbocycles. The van der Waals surface area contributed by atoms with Crippen molar-refractivity contribution in [1.29, 1.82) is 0 Å². The average Bonchev–Trinajstić information content (AvgIpc) is 2.49. The molecule has 0 bridgehead atoms. The third-order valence-electron chi connectivity index (χ3n) is 3.74. The third kappa shape index (κ3) is 2.94. The summed E-state index contributed by atoms with van der Waals surface area (Å²) in [6.07, 6.45) is 0. The summed E-state index contributed by atoms with van der Waals surface area (Å²) in [5, 5.41) is 0. The lowest BCUT2D eigenvalue weighted by Gasteiger charge is -2.39. The second-order valence-electron chi connectivity index (χ2n) is 5.26. The molecule has 0 aliphatic carbocycles. The number of hydrogen-bond acceptors (Lipinski definition) is 4. The van der Waals surface area contributed by atoms with Crippen molar-refractivity contribution < 1.29 is 17.9 Å². The number of ether oxygens (including phenoxy) is 1. The summed E-state index contributed by atoms with van der Waals surface area (Å²) in [6.45, 7) is 2.20. The van der Waals surface area contributed by atoms with Crippen LogP contribution >= 0.6 is 0 Å². The van der Waals surface area contributed by atoms with Gasteiger partial charge in [-0.25, -0.2) is 0 Å². The summed E-state index contributed by atoms with van der Waals surface area (Å²) in [5.41, 5.74) is 0.736. The van der Waals surface area contributed by atoms with Crippen molar-refractivity contribution in [1.82, 2.24) is 8.61 Å². The Morgan fingerprint density at radius 2 is 1.77 bits per heavy atom. The smallest absolute Gasteiger partial charge is 0.282 e. The maximum absolute atomic E-state index is 12.5. The van der Waals surface area contributed by atoms with Crippen LogP contribution in [0.25, 0.3) is 0 Å². The summed E-state index contributed by atoms with van der Waals surface area (Å²) in [5.74, 6) is 0.472. The third-order valence-corrected chi connectivity index (χ3v) is 5.76. The molecule has 0 N–H and O–H groups in total. The zero-order valence-corrected chi connectivity index (χ0v) is 14.0. The van der Waals surface area contributed by atoms with Gasteiger partial charge >= 0.3 is 0 Å². The minimum absolute atomic E-state index is 0.234. The van der Waals surface area contributed by atoms with E-state index in [0.717, 1.165) is 9.99 Å². The van der Waals surface area contributed by atoms with Crippen molar-refractivity contribution >= 4 is 21.8 Å². The van der Waals surface area contributed by atoms with Crippen LogP contribution < -0.4 is 9.64 Å². The lowest BCUT2D eigenvalue weighted by atomic mass is 10.2. The van der Waals surface area contributed by atoms with Crippen LogP contribution in [0.15, 0.2) is 24.3 Å². The molecule has 22 heavy (non-hydrogen) atoms. The molecule has 8 heteroatoms. The molecule has 1 heterocycles. The van der Waals surface area contributed by atoms with Gasteiger partial charge in [0.25, 0.3) is 10.2 Å². The Morgan fingerprint density at radius 1 is 1.18 bits per heavy atom. The van der Waals surface area contributed by atoms with Crippen molar-refractivity contribution in [3.8, 4) is 5.75 Å². The van der Waals surface area contributed by atoms with Crippen LogP contribution in [0.2, 0.25) is 0 Å². The maximum atomic E-state index is 12.5. The Labute approximate surface area is 131 Å². The van der Waals surface area contributed by atoms with Gasteiger partial charge < -0.3 is 9.64 Å². The van der Waals surface area contributed by atoms with E-state index in [4.69, 9.17) is 4.74 Å². The molecule has 1 aliphatic heterocycles. The Bertz CT molecular complexity index is 643. The standard InChI is InChI=1S/C14H21N3O4S/c1-11-14(18)16(12-5-7-13(21-4)8-6-12)9-10-17(11)22(19,20)15(2)3/h5-8,11H,9-10H2,1-4H3. The summed E-state index contributed by atoms with van der Waals surface area (Å²) >= 11 is 0. The zero-order valence-electron chi connectivity index (χ0n) is 13.2. The molecule has 0 radical (unpaired) electrons. The van der Waals surface area contributed by atoms with Gasteiger partial charge in [-0.15, -0.1) is 0 Å². The first-order valence-electron chi connectivity index (χ1n) is 6.93. The van der Waals surface area contributed by atoms with Gasteiger partial charge in [-0.2, -0.15) is 17.0 Å². The molecule has 122 valence electrons. The summed E-state index contributed by atoms with van der Waals surface area (Å²) < 4.78 is 31.9. The number of benzene rings is 1. The number of methoxy groups -OCH3 is 1. The Balaban J connectivity index is 2.22. The largest absolute Gasteiger partial charge is 0.497 e. The predicted octanol–water partition coefficient (Wildman–Crippen LogP) is 0.539. The molecule has 1 amide bonds. The van der Waals surface area contributed by atoms with Gasteiger partial charge in [-0.05, 0) is 31.2 Å². The fourth-order valence-corrected chi connectivity index (χ4v) is 3.62. The molecule has 1 aliphatic rings. The van der Waals surface area contributed by atoms with Crippen molar-refractivity contribution in [2.45, 2.75) is 13.0 Å². The maximum Gasteiger partial charge on any atom is 0.282 e. The van der Waals surface area contributed by atoms with E-state index in [0.29, 0.717) is 12.3 Å². The molecule has 2 rings (SSSR count). The Hall–Kier alpha value is -1.64. The monoisotopic (exact) mass is 327 g/mol. The topological polar surface area (TPSA) is 70.2 Å². The van der Waals surface area contributed by atoms with E-state index in [1.165, 1.54) is 18.4 Å². The van der Waals surface area contributed by atoms with Gasteiger partial charge in [0.05, 0.1) is 7.11 Å². The molecular formula is C14H21N3O4S. The Morgan fingerprint density at radius 3 is 2.27 bits per heavy atom. The van der Waals surface area contributed by atoms with Crippen molar-refractivity contribution in [2.75, 3.05) is 39.2 Å². The molecule has 1 aromatic rings. The molecule has 7 nitrogen and oxygen atoms in total. The van der Waals surface area contributed by atoms with Gasteiger partial charge in [-0.1, -0.05) is 0 Å². The normalized spacial score (nSPS) is 20.5. The highest BCUT2D eigenvalue weighted by atomic mass is 32.2. The van der Waals surface area contributed by atoms with E-state index < -0.39 is 16.3 Å². The van der Waals surface area contributed by atoms with Crippen molar-refractivity contribution in [2.24, 2.45) is 0 Å². The van der Waals surface area contributed by atoms with E-state index >= 15 is 0 Å². The second-order valence-corrected chi connectivity index (χ2v) is 7.36. The number of nitrogens with zero attached hydrogens (tertiary/aromatic N) is 3. The van der Waals surface area contributed by atoms with Gasteiger partial charge in [0.2, 0.25) is 5.91 Å². The van der Waals surface area contributed by atoms with Crippen molar-refractivity contribution in [3.05, 3.63) is 24.3 Å². The predicted molar refractivity (Wildman–Crippen MR) is 84.1 cm³/mol. The van der Waals surface area contributed by atoms with Crippen LogP contribution in [0, 0.1) is 0 Å². The lowest BCUT2D eigenvalue weighted by molar-refractivity contribution is -0.123. The molecule has 1 atom stereocenters. The van der Waals surface area contributed by atoms with Crippen molar-refractivity contribution in [3.63, 3.8) is 0 Å². The first-order chi connectivity index (χ1) is 10.3. The minimum atomic E-state index is -3.60. The molecule has 1 fully saturated rings. The fraction of sp³-hybridized carbons (Fsp3) is 0.500. The molecule has 1 saturated heterocycles. The number of carbonyl (C=O) groups excluding carboxylic acids is 1. The summed E-state index contributed by atoms with van der Waals surface area (Å²) in [4.78, 5) is 14.1. The van der Waals surface area contributed by atoms with Crippen LogP contribution in [0.5, 0.6) is 5.75 Å². The second kappa shape index (κ2) is 6.23. The van der Waals surface area contributed by atoms with Crippen LogP contribution in [0.3, 0.4) is 0 Å². The molecule has 1 unspecified atom stereocenters. The number of anilines is 1. The first-order valence-corrected chi connectivity index (χ1v) is 8.33. The number of hydrogen-bond donors (Lipinski definition) is 0. The van der Waals surface area contributed by atoms with E-state index in [9.17, 15) is 13.2 Å². The zero-order chi connectivity index (χ0) is 16.5. The summed E-state index contributed by atoms with van der Waals surface area (Å²) in [6, 6.07) is 6.40. The van der Waals surface area contributed by atoms with E-state index in [1.54, 1.807) is 43.2 Å². The molecule has 0 saturated carbocycles. The highest BCUT2D eigenvalue weighted by molar-refractivity contribution is 7.86. The van der Waals surface area contributed by atoms with E-state index in [2.05, 4.69) is 0 Å². The van der Waals surface area contributed by atoms with Gasteiger partial charge in [0.1, 0.15) is 11.8 Å². The van der Waals surface area contributed by atoms with E-state index in [1.807, 2.05) is 0 Å². The minimum Gasteiger partial charge on any atom is -0.497 e. The van der Waals surface area contributed by atoms with Crippen LogP contribution in [-0.2, 0) is 15.0 Å². The SMILES string of the molecule is COc1ccc(N2CCN(S(=O)(=O)N(C)C)C(C)C2=O)cc1. The highest BCUT2D eigenvalue weighted by Gasteiger charge is 2.39. The van der Waals surface area contributed by atoms with Gasteiger partial charge in [-0.3, -0.25) is 4.79 Å². The summed E-state index contributed by atoms with van der Waals surface area (Å²) in [7, 11) is 0.899. The molecule has 0 spiro atoms. The molecular weight excluding hydrogens is 306 g/mol. The Kier molecular flexibility index (Phi) is 4.74. The van der Waals surface area contributed by atoms with Crippen LogP contribution in [0.1, 0.15) is 6.92 Å². The quantitative estimate of drug-likeness (QED) is 0.809. The lowest BCUT2D eigenvalue weighted by Crippen LogP contribution is -2.59. The number of carbonyl (C=O) groups is 1. The van der Waals surface area contributed by atoms with Crippen LogP contribution in [0.4, 0.5) is 5.69 Å². The highest BCUT2D eigenvalue weighted by Crippen LogP contribution is 2.24. The first kappa shape index (κ1) is 16.7. The number of amides is 1. The molecule has 0 aromatic heterocycles. The van der Waals surface area contributed by atoms with Gasteiger partial charge in [0, 0.05) is 32.9 Å². The van der Waals surface area contributed by atoms with Gasteiger partial charge in [0.15, 0.2) is 0 Å². The van der Waals surface area contributed by atoms with E-state index in [-0.39, 0.29) is 12.5 Å². The number of piperazine rings is 1. The average molecular weight is 327 g/mol.